The molecule has 0 saturated carbocycles. The van der Waals surface area contributed by atoms with Crippen LogP contribution < -0.4 is 0 Å². The van der Waals surface area contributed by atoms with Crippen molar-refractivity contribution < 1.29 is 21.6 Å². The summed E-state index contributed by atoms with van der Waals surface area (Å²) in [6, 6.07) is 14.5. The fraction of sp³-hybridized carbons (Fsp3) is 0.158. The zero-order chi connectivity index (χ0) is 19.7. The Morgan fingerprint density at radius 1 is 1.00 bits per heavy atom. The monoisotopic (exact) mass is 392 g/mol. The zero-order valence-corrected chi connectivity index (χ0v) is 15.1. The third-order valence-corrected chi connectivity index (χ3v) is 5.01. The van der Waals surface area contributed by atoms with E-state index in [1.54, 1.807) is 36.4 Å². The van der Waals surface area contributed by atoms with Gasteiger partial charge in [0, 0.05) is 24.4 Å². The van der Waals surface area contributed by atoms with Gasteiger partial charge in [0.15, 0.2) is 15.7 Å². The first kappa shape index (κ1) is 19.0. The van der Waals surface area contributed by atoms with Gasteiger partial charge in [-0.2, -0.15) is 13.2 Å². The SMILES string of the molecule is CS(=O)(=O)c1cccc(Cc2nc(-c3ccccc3)ncc2C(F)(F)F)c1. The minimum absolute atomic E-state index is 0.0471. The summed E-state index contributed by atoms with van der Waals surface area (Å²) in [5.74, 6) is 0.179. The Morgan fingerprint density at radius 2 is 1.70 bits per heavy atom. The van der Waals surface area contributed by atoms with Crippen molar-refractivity contribution in [3.05, 3.63) is 77.6 Å². The van der Waals surface area contributed by atoms with Crippen molar-refractivity contribution in [2.24, 2.45) is 0 Å². The van der Waals surface area contributed by atoms with Crippen LogP contribution in [0.2, 0.25) is 0 Å². The first-order chi connectivity index (χ1) is 12.6. The quantitative estimate of drug-likeness (QED) is 0.669. The summed E-state index contributed by atoms with van der Waals surface area (Å²) in [6.45, 7) is 0. The third-order valence-electron chi connectivity index (χ3n) is 3.90. The van der Waals surface area contributed by atoms with Crippen LogP contribution in [0.5, 0.6) is 0 Å². The molecule has 8 heteroatoms. The van der Waals surface area contributed by atoms with Crippen molar-refractivity contribution in [1.29, 1.82) is 0 Å². The maximum absolute atomic E-state index is 13.4. The van der Waals surface area contributed by atoms with Crippen molar-refractivity contribution in [1.82, 2.24) is 9.97 Å². The van der Waals surface area contributed by atoms with E-state index in [0.29, 0.717) is 11.1 Å². The van der Waals surface area contributed by atoms with Crippen LogP contribution in [0.1, 0.15) is 16.8 Å². The second kappa shape index (κ2) is 7.11. The molecule has 3 rings (SSSR count). The highest BCUT2D eigenvalue weighted by Crippen LogP contribution is 2.33. The van der Waals surface area contributed by atoms with Crippen molar-refractivity contribution in [2.45, 2.75) is 17.5 Å². The summed E-state index contributed by atoms with van der Waals surface area (Å²) in [7, 11) is -3.46. The van der Waals surface area contributed by atoms with E-state index >= 15 is 0 Å². The number of aromatic nitrogens is 2. The lowest BCUT2D eigenvalue weighted by atomic mass is 10.1. The number of benzene rings is 2. The van der Waals surface area contributed by atoms with Crippen molar-refractivity contribution in [2.75, 3.05) is 6.26 Å². The average molecular weight is 392 g/mol. The molecule has 140 valence electrons. The molecule has 0 fully saturated rings. The van der Waals surface area contributed by atoms with Crippen molar-refractivity contribution in [3.63, 3.8) is 0 Å². The van der Waals surface area contributed by atoms with Crippen LogP contribution >= 0.6 is 0 Å². The van der Waals surface area contributed by atoms with E-state index in [1.807, 2.05) is 0 Å². The largest absolute Gasteiger partial charge is 0.419 e. The number of nitrogens with zero attached hydrogens (tertiary/aromatic N) is 2. The smallest absolute Gasteiger partial charge is 0.236 e. The van der Waals surface area contributed by atoms with Gasteiger partial charge in [-0.25, -0.2) is 18.4 Å². The summed E-state index contributed by atoms with van der Waals surface area (Å²) in [4.78, 5) is 8.01. The highest BCUT2D eigenvalue weighted by atomic mass is 32.2. The summed E-state index contributed by atoms with van der Waals surface area (Å²) in [5, 5.41) is 0. The first-order valence-corrected chi connectivity index (χ1v) is 9.81. The van der Waals surface area contributed by atoms with Gasteiger partial charge in [0.25, 0.3) is 0 Å². The fourth-order valence-corrected chi connectivity index (χ4v) is 3.29. The van der Waals surface area contributed by atoms with Crippen molar-refractivity contribution in [3.8, 4) is 11.4 Å². The van der Waals surface area contributed by atoms with Gasteiger partial charge in [0.05, 0.1) is 16.2 Å². The minimum Gasteiger partial charge on any atom is -0.236 e. The summed E-state index contributed by atoms with van der Waals surface area (Å²) in [6.07, 6.45) is -2.96. The van der Waals surface area contributed by atoms with Gasteiger partial charge in [-0.1, -0.05) is 42.5 Å². The number of halogens is 3. The van der Waals surface area contributed by atoms with Crippen LogP contribution in [0.15, 0.2) is 65.7 Å². The van der Waals surface area contributed by atoms with E-state index in [2.05, 4.69) is 9.97 Å². The topological polar surface area (TPSA) is 59.9 Å². The number of rotatable bonds is 4. The van der Waals surface area contributed by atoms with Crippen LogP contribution in [0.3, 0.4) is 0 Å². The van der Waals surface area contributed by atoms with Crippen LogP contribution in [0.25, 0.3) is 11.4 Å². The molecule has 0 aliphatic heterocycles. The highest BCUT2D eigenvalue weighted by molar-refractivity contribution is 7.90. The molecule has 0 spiro atoms. The van der Waals surface area contributed by atoms with E-state index in [9.17, 15) is 21.6 Å². The van der Waals surface area contributed by atoms with Gasteiger partial charge >= 0.3 is 6.18 Å². The Labute approximate surface area is 154 Å². The lowest BCUT2D eigenvalue weighted by molar-refractivity contribution is -0.138. The van der Waals surface area contributed by atoms with Gasteiger partial charge in [-0.05, 0) is 17.7 Å². The van der Waals surface area contributed by atoms with Crippen LogP contribution in [0.4, 0.5) is 13.2 Å². The Morgan fingerprint density at radius 3 is 2.33 bits per heavy atom. The molecule has 0 unspecified atom stereocenters. The van der Waals surface area contributed by atoms with E-state index in [0.717, 1.165) is 12.5 Å². The van der Waals surface area contributed by atoms with E-state index in [1.165, 1.54) is 18.2 Å². The molecule has 0 amide bonds. The fourth-order valence-electron chi connectivity index (χ4n) is 2.59. The molecular weight excluding hydrogens is 377 g/mol. The van der Waals surface area contributed by atoms with Gasteiger partial charge < -0.3 is 0 Å². The maximum Gasteiger partial charge on any atom is 0.419 e. The summed E-state index contributed by atoms with van der Waals surface area (Å²) < 4.78 is 63.5. The average Bonchev–Trinajstić information content (AvgIpc) is 2.61. The van der Waals surface area contributed by atoms with E-state index in [-0.39, 0.29) is 22.8 Å². The molecule has 0 bridgehead atoms. The molecule has 27 heavy (non-hydrogen) atoms. The Kier molecular flexibility index (Phi) is 5.01. The maximum atomic E-state index is 13.4. The van der Waals surface area contributed by atoms with Gasteiger partial charge in [-0.3, -0.25) is 0 Å². The predicted octanol–water partition coefficient (Wildman–Crippen LogP) is 4.16. The molecule has 0 saturated heterocycles. The Balaban J connectivity index is 2.07. The lowest BCUT2D eigenvalue weighted by Crippen LogP contribution is -2.13. The number of sulfone groups is 1. The number of hydrogen-bond acceptors (Lipinski definition) is 4. The molecule has 0 radical (unpaired) electrons. The molecule has 0 aliphatic rings. The highest BCUT2D eigenvalue weighted by Gasteiger charge is 2.35. The molecule has 0 aliphatic carbocycles. The van der Waals surface area contributed by atoms with Gasteiger partial charge in [-0.15, -0.1) is 0 Å². The second-order valence-electron chi connectivity index (χ2n) is 6.01. The normalized spacial score (nSPS) is 12.1. The minimum atomic E-state index is -4.61. The summed E-state index contributed by atoms with van der Waals surface area (Å²) in [5.41, 5.74) is -0.132. The Bertz CT molecular complexity index is 1070. The molecule has 0 N–H and O–H groups in total. The molecule has 4 nitrogen and oxygen atoms in total. The van der Waals surface area contributed by atoms with Crippen LogP contribution in [-0.2, 0) is 22.4 Å². The standard InChI is InChI=1S/C19H15F3N2O2S/c1-27(25,26)15-9-5-6-13(10-15)11-17-16(19(20,21)22)12-23-18(24-17)14-7-3-2-4-8-14/h2-10,12H,11H2,1H3. The molecule has 1 heterocycles. The lowest BCUT2D eigenvalue weighted by Gasteiger charge is -2.13. The van der Waals surface area contributed by atoms with Gasteiger partial charge in [0.1, 0.15) is 0 Å². The molecular formula is C19H15F3N2O2S. The van der Waals surface area contributed by atoms with E-state index < -0.39 is 21.6 Å². The molecule has 3 aromatic rings. The Hall–Kier alpha value is -2.74. The van der Waals surface area contributed by atoms with E-state index in [4.69, 9.17) is 0 Å². The molecule has 0 atom stereocenters. The number of hydrogen-bond donors (Lipinski definition) is 0. The predicted molar refractivity (Wildman–Crippen MR) is 94.8 cm³/mol. The first-order valence-electron chi connectivity index (χ1n) is 7.92. The second-order valence-corrected chi connectivity index (χ2v) is 8.03. The third kappa shape index (κ3) is 4.51. The summed E-state index contributed by atoms with van der Waals surface area (Å²) >= 11 is 0. The van der Waals surface area contributed by atoms with Gasteiger partial charge in [0.2, 0.25) is 0 Å². The zero-order valence-electron chi connectivity index (χ0n) is 14.2. The number of alkyl halides is 3. The van der Waals surface area contributed by atoms with Crippen LogP contribution in [-0.4, -0.2) is 24.6 Å². The molecule has 2 aromatic carbocycles. The van der Waals surface area contributed by atoms with Crippen molar-refractivity contribution >= 4 is 9.84 Å². The van der Waals surface area contributed by atoms with Crippen LogP contribution in [0, 0.1) is 0 Å². The molecule has 1 aromatic heterocycles.